The van der Waals surface area contributed by atoms with Crippen molar-refractivity contribution in [1.29, 1.82) is 0 Å². The number of hydrogen-bond acceptors (Lipinski definition) is 15. The maximum atomic E-state index is 14.4. The van der Waals surface area contributed by atoms with Crippen molar-refractivity contribution in [3.8, 4) is 0 Å². The molecule has 3 fully saturated rings. The molecule has 1 aliphatic carbocycles. The zero-order valence-corrected chi connectivity index (χ0v) is 47.6. The summed E-state index contributed by atoms with van der Waals surface area (Å²) in [5, 5.41) is 6.00. The second-order valence-electron chi connectivity index (χ2n) is 21.3. The van der Waals surface area contributed by atoms with Gasteiger partial charge in [-0.1, -0.05) is 61.4 Å². The number of sulfone groups is 1. The molecule has 4 heterocycles. The number of rotatable bonds is 19. The van der Waals surface area contributed by atoms with Crippen LogP contribution in [0.2, 0.25) is 5.02 Å². The molecule has 0 radical (unpaired) electrons. The Labute approximate surface area is 474 Å². The summed E-state index contributed by atoms with van der Waals surface area (Å²) < 4.78 is 99.4. The van der Waals surface area contributed by atoms with Gasteiger partial charge < -0.3 is 15.1 Å². The van der Waals surface area contributed by atoms with Gasteiger partial charge in [0.05, 0.1) is 28.7 Å². The van der Waals surface area contributed by atoms with E-state index in [0.29, 0.717) is 74.0 Å². The fourth-order valence-corrected chi connectivity index (χ4v) is 13.6. The fraction of sp³-hybridized carbons (Fsp3) is 0.411. The second-order valence-corrected chi connectivity index (χ2v) is 26.4. The largest absolute Gasteiger partial charge is 0.501 e. The molecule has 4 aliphatic rings. The van der Waals surface area contributed by atoms with Crippen molar-refractivity contribution in [2.75, 3.05) is 92.9 Å². The van der Waals surface area contributed by atoms with Gasteiger partial charge in [0.1, 0.15) is 4.90 Å². The smallest absolute Gasteiger partial charge is 0.380 e. The molecule has 0 bridgehead atoms. The predicted molar refractivity (Wildman–Crippen MR) is 304 cm³/mol. The van der Waals surface area contributed by atoms with Crippen molar-refractivity contribution in [1.82, 2.24) is 34.7 Å². The van der Waals surface area contributed by atoms with Crippen LogP contribution < -0.4 is 25.2 Å². The molecule has 4 amide bonds. The molecule has 426 valence electrons. The fourth-order valence-electron chi connectivity index (χ4n) is 10.4. The number of sulfonamides is 1. The van der Waals surface area contributed by atoms with Gasteiger partial charge in [-0.25, -0.2) is 31.3 Å². The zero-order chi connectivity index (χ0) is 56.8. The Morgan fingerprint density at radius 1 is 0.800 bits per heavy atom. The number of imide groups is 1. The van der Waals surface area contributed by atoms with E-state index in [1.165, 1.54) is 51.7 Å². The van der Waals surface area contributed by atoms with Crippen LogP contribution in [-0.4, -0.2) is 149 Å². The molecule has 5 aromatic rings. The van der Waals surface area contributed by atoms with Crippen molar-refractivity contribution >= 4 is 83.8 Å². The molecule has 3 aliphatic heterocycles. The van der Waals surface area contributed by atoms with Gasteiger partial charge in [-0.2, -0.15) is 13.2 Å². The van der Waals surface area contributed by atoms with Crippen molar-refractivity contribution in [2.45, 2.75) is 78.7 Å². The molecule has 4 aromatic carbocycles. The summed E-state index contributed by atoms with van der Waals surface area (Å²) in [5.74, 6) is -0.745. The van der Waals surface area contributed by atoms with Crippen molar-refractivity contribution in [2.24, 2.45) is 5.41 Å². The third-order valence-electron chi connectivity index (χ3n) is 14.9. The Morgan fingerprint density at radius 2 is 1.48 bits per heavy atom. The lowest BCUT2D eigenvalue weighted by atomic mass is 9.73. The molecule has 9 rings (SSSR count). The topological polar surface area (TPSA) is 198 Å². The van der Waals surface area contributed by atoms with Crippen molar-refractivity contribution in [3.05, 3.63) is 137 Å². The number of nitrogens with zero attached hydrogens (tertiary/aromatic N) is 7. The number of amides is 4. The third kappa shape index (κ3) is 14.7. The molecule has 3 N–H and O–H groups in total. The number of anilines is 3. The van der Waals surface area contributed by atoms with Gasteiger partial charge in [-0.05, 0) is 109 Å². The van der Waals surface area contributed by atoms with Gasteiger partial charge in [0.15, 0.2) is 5.82 Å². The van der Waals surface area contributed by atoms with Gasteiger partial charge in [0.25, 0.3) is 25.8 Å². The highest BCUT2D eigenvalue weighted by Gasteiger charge is 2.48. The molecule has 0 spiro atoms. The van der Waals surface area contributed by atoms with E-state index < -0.39 is 58.8 Å². The van der Waals surface area contributed by atoms with Gasteiger partial charge in [0.2, 0.25) is 5.91 Å². The van der Waals surface area contributed by atoms with Crippen LogP contribution in [0.1, 0.15) is 67.6 Å². The quantitative estimate of drug-likeness (QED) is 0.0665. The Morgan fingerprint density at radius 3 is 2.14 bits per heavy atom. The number of carbonyl (C=O) groups is 3. The summed E-state index contributed by atoms with van der Waals surface area (Å²) in [7, 11) is -11.0. The van der Waals surface area contributed by atoms with Crippen LogP contribution in [0.25, 0.3) is 5.57 Å². The minimum atomic E-state index is -6.13. The van der Waals surface area contributed by atoms with E-state index in [1.807, 2.05) is 47.2 Å². The lowest BCUT2D eigenvalue weighted by molar-refractivity contribution is -0.120. The number of alkyl halides is 3. The number of piperazine rings is 2. The normalized spacial score (nSPS) is 18.5. The van der Waals surface area contributed by atoms with Crippen LogP contribution in [0.5, 0.6) is 0 Å². The van der Waals surface area contributed by atoms with Crippen LogP contribution in [-0.2, 0) is 31.2 Å². The van der Waals surface area contributed by atoms with Gasteiger partial charge >= 0.3 is 11.5 Å². The number of carbonyl (C=O) groups excluding carboxylic acids is 3. The molecule has 1 aromatic heterocycles. The first-order valence-corrected chi connectivity index (χ1v) is 30.8. The maximum Gasteiger partial charge on any atom is 0.501 e. The molecule has 80 heavy (non-hydrogen) atoms. The third-order valence-corrected chi connectivity index (χ3v) is 19.2. The number of urea groups is 1. The highest BCUT2D eigenvalue weighted by molar-refractivity contribution is 7.99. The van der Waals surface area contributed by atoms with E-state index >= 15 is 0 Å². The SMILES string of the molecule is CC1(C)CCC(c2ccc(Cl)cc2)=C(CN2CCN(c3ccc(C(=O)NS(=O)(=O)c4ccc(N[C@H](CCN5CCN(Cc6cnc(N7CCC(=O)NC7=O)cn6)CC5)CSc5ccccc5)c(S(=O)(=O)C(F)(F)F)c4)cc3)CC2)C1. The summed E-state index contributed by atoms with van der Waals surface area (Å²) in [6.07, 6.45) is 6.74. The molecule has 3 saturated heterocycles. The van der Waals surface area contributed by atoms with E-state index in [1.54, 1.807) is 18.3 Å². The van der Waals surface area contributed by atoms with E-state index in [0.717, 1.165) is 74.7 Å². The van der Waals surface area contributed by atoms with Crippen LogP contribution in [0, 0.1) is 5.41 Å². The van der Waals surface area contributed by atoms with Gasteiger partial charge in [-0.3, -0.25) is 34.6 Å². The standard InChI is InChI=1S/C56H64ClF3N10O7S3/c1-55(2)21-18-48(39-8-12-42(57)13-9-39)41(33-55)36-67-28-30-69(31-29-67)45-14-10-40(11-15-45)53(72)65-80(76,77)47-16-17-49(50(32-47)79(74,75)56(58,59)60)63-43(38-78-46-6-4-3-5-7-46)19-22-66-24-26-68(27-25-66)37-44-34-62-51(35-61-44)70-23-20-52(71)64-54(70)73/h3-17,32,34-35,43,63H,18-31,33,36-38H2,1-2H3,(H,65,72)(H,64,71,73)/t43-/m1/s1. The lowest BCUT2D eigenvalue weighted by Gasteiger charge is -2.39. The van der Waals surface area contributed by atoms with E-state index in [9.17, 15) is 44.4 Å². The summed E-state index contributed by atoms with van der Waals surface area (Å²) >= 11 is 7.63. The number of thioether (sulfide) groups is 1. The number of hydrogen-bond donors (Lipinski definition) is 3. The van der Waals surface area contributed by atoms with Crippen molar-refractivity contribution in [3.63, 3.8) is 0 Å². The number of nitrogens with one attached hydrogen (secondary N) is 3. The highest BCUT2D eigenvalue weighted by atomic mass is 35.5. The molecule has 24 heteroatoms. The summed E-state index contributed by atoms with van der Waals surface area (Å²) in [6.45, 7) is 12.3. The van der Waals surface area contributed by atoms with Gasteiger partial charge in [0, 0.05) is 118 Å². The molecule has 0 unspecified atom stereocenters. The number of benzene rings is 4. The lowest BCUT2D eigenvalue weighted by Crippen LogP contribution is -2.50. The van der Waals surface area contributed by atoms with Crippen LogP contribution in [0.3, 0.4) is 0 Å². The number of aromatic nitrogens is 2. The minimum absolute atomic E-state index is 0.0229. The first-order valence-electron chi connectivity index (χ1n) is 26.5. The summed E-state index contributed by atoms with van der Waals surface area (Å²) in [4.78, 5) is 55.3. The van der Waals surface area contributed by atoms with E-state index in [4.69, 9.17) is 11.6 Å². The second kappa shape index (κ2) is 25.0. The highest BCUT2D eigenvalue weighted by Crippen LogP contribution is 2.43. The first kappa shape index (κ1) is 58.6. The molecular weight excluding hydrogens is 1110 g/mol. The molecular formula is C56H64ClF3N10O7S3. The summed E-state index contributed by atoms with van der Waals surface area (Å²) in [5.41, 5.74) is -0.503. The maximum absolute atomic E-state index is 14.4. The van der Waals surface area contributed by atoms with Gasteiger partial charge in [-0.15, -0.1) is 11.8 Å². The average molecular weight is 1180 g/mol. The zero-order valence-electron chi connectivity index (χ0n) is 44.4. The number of allylic oxidation sites excluding steroid dienone is 1. The van der Waals surface area contributed by atoms with Crippen LogP contribution in [0.4, 0.5) is 35.2 Å². The van der Waals surface area contributed by atoms with Crippen LogP contribution in [0.15, 0.2) is 130 Å². The Bertz CT molecular complexity index is 3290. The Kier molecular flexibility index (Phi) is 18.3. The minimum Gasteiger partial charge on any atom is -0.380 e. The Balaban J connectivity index is 0.826. The van der Waals surface area contributed by atoms with E-state index in [-0.39, 0.29) is 29.9 Å². The molecule has 17 nitrogen and oxygen atoms in total. The van der Waals surface area contributed by atoms with Crippen LogP contribution >= 0.6 is 23.4 Å². The van der Waals surface area contributed by atoms with Crippen molar-refractivity contribution < 1.29 is 44.4 Å². The Hall–Kier alpha value is -6.08. The molecule has 1 atom stereocenters. The monoisotopic (exact) mass is 1180 g/mol. The van der Waals surface area contributed by atoms with E-state index in [2.05, 4.69) is 66.2 Å². The number of halogens is 4. The summed E-state index contributed by atoms with van der Waals surface area (Å²) in [6, 6.07) is 25.0. The average Bonchev–Trinajstić information content (AvgIpc) is 3.44. The molecule has 0 saturated carbocycles. The first-order chi connectivity index (χ1) is 38.1. The predicted octanol–water partition coefficient (Wildman–Crippen LogP) is 8.56.